The second-order valence-electron chi connectivity index (χ2n) is 6.40. The van der Waals surface area contributed by atoms with Crippen LogP contribution >= 0.6 is 0 Å². The molecule has 3 aromatic rings. The Labute approximate surface area is 160 Å². The molecule has 0 atom stereocenters. The number of carbonyl (C=O) groups is 1. The van der Waals surface area contributed by atoms with Crippen molar-refractivity contribution in [3.8, 4) is 11.5 Å². The molecule has 28 heavy (non-hydrogen) atoms. The van der Waals surface area contributed by atoms with Gasteiger partial charge in [-0.05, 0) is 42.8 Å². The minimum Gasteiger partial charge on any atom is -0.488 e. The van der Waals surface area contributed by atoms with Crippen molar-refractivity contribution in [2.75, 3.05) is 0 Å². The van der Waals surface area contributed by atoms with Crippen LogP contribution in [0.25, 0.3) is 6.08 Å². The number of fused-ring (bicyclic) bond motifs is 1. The smallest absolute Gasteiger partial charge is 0.231 e. The Morgan fingerprint density at radius 1 is 0.964 bits per heavy atom. The third-order valence-corrected chi connectivity index (χ3v) is 4.57. The number of allylic oxidation sites excluding steroid dienone is 1. The lowest BCUT2D eigenvalue weighted by atomic mass is 10.1. The predicted molar refractivity (Wildman–Crippen MR) is 101 cm³/mol. The van der Waals surface area contributed by atoms with Crippen molar-refractivity contribution in [3.63, 3.8) is 0 Å². The molecule has 3 nitrogen and oxygen atoms in total. The zero-order valence-corrected chi connectivity index (χ0v) is 15.0. The molecule has 0 fully saturated rings. The molecule has 140 valence electrons. The average molecular weight is 378 g/mol. The molecule has 0 aromatic heterocycles. The standard InChI is InChI=1S/C23H16F2O3/c1-14-20(27-13-17-18(24)8-5-9-19(17)25)11-10-16-22(26)21(28-23(14)16)12-15-6-3-2-4-7-15/h2-12H,13H2,1H3/b21-12-. The fourth-order valence-corrected chi connectivity index (χ4v) is 3.05. The van der Waals surface area contributed by atoms with Gasteiger partial charge in [0.25, 0.3) is 0 Å². The molecule has 0 radical (unpaired) electrons. The van der Waals surface area contributed by atoms with Crippen LogP contribution in [0.2, 0.25) is 0 Å². The summed E-state index contributed by atoms with van der Waals surface area (Å²) in [6, 6.07) is 16.3. The van der Waals surface area contributed by atoms with E-state index in [1.165, 1.54) is 18.2 Å². The van der Waals surface area contributed by atoms with Crippen molar-refractivity contribution in [2.24, 2.45) is 0 Å². The predicted octanol–water partition coefficient (Wildman–Crippen LogP) is 5.47. The number of ketones is 1. The molecule has 0 bridgehead atoms. The van der Waals surface area contributed by atoms with Gasteiger partial charge in [-0.15, -0.1) is 0 Å². The highest BCUT2D eigenvalue weighted by molar-refractivity contribution is 6.14. The number of carbonyl (C=O) groups excluding carboxylic acids is 1. The lowest BCUT2D eigenvalue weighted by Crippen LogP contribution is -2.03. The molecular weight excluding hydrogens is 362 g/mol. The topological polar surface area (TPSA) is 35.5 Å². The van der Waals surface area contributed by atoms with Crippen molar-refractivity contribution in [1.29, 1.82) is 0 Å². The van der Waals surface area contributed by atoms with Gasteiger partial charge in [0.2, 0.25) is 5.78 Å². The summed E-state index contributed by atoms with van der Waals surface area (Å²) in [7, 11) is 0. The van der Waals surface area contributed by atoms with Crippen LogP contribution in [0.15, 0.2) is 66.4 Å². The molecule has 0 unspecified atom stereocenters. The Morgan fingerprint density at radius 2 is 1.68 bits per heavy atom. The van der Waals surface area contributed by atoms with Crippen LogP contribution in [-0.2, 0) is 6.61 Å². The van der Waals surface area contributed by atoms with E-state index in [-0.39, 0.29) is 23.7 Å². The summed E-state index contributed by atoms with van der Waals surface area (Å²) in [6.45, 7) is 1.48. The van der Waals surface area contributed by atoms with Gasteiger partial charge in [0.1, 0.15) is 29.7 Å². The Balaban J connectivity index is 1.60. The van der Waals surface area contributed by atoms with Gasteiger partial charge in [0.15, 0.2) is 5.76 Å². The van der Waals surface area contributed by atoms with Crippen molar-refractivity contribution in [3.05, 3.63) is 100 Å². The third kappa shape index (κ3) is 3.27. The van der Waals surface area contributed by atoms with E-state index in [0.29, 0.717) is 22.6 Å². The van der Waals surface area contributed by atoms with Gasteiger partial charge < -0.3 is 9.47 Å². The van der Waals surface area contributed by atoms with Crippen molar-refractivity contribution in [1.82, 2.24) is 0 Å². The molecule has 0 spiro atoms. The number of ether oxygens (including phenoxy) is 2. The summed E-state index contributed by atoms with van der Waals surface area (Å²) < 4.78 is 39.0. The van der Waals surface area contributed by atoms with Crippen LogP contribution in [0.5, 0.6) is 11.5 Å². The number of Topliss-reactive ketones (excluding diaryl/α,β-unsaturated/α-hetero) is 1. The van der Waals surface area contributed by atoms with Gasteiger partial charge in [-0.1, -0.05) is 36.4 Å². The highest BCUT2D eigenvalue weighted by atomic mass is 19.1. The van der Waals surface area contributed by atoms with Crippen LogP contribution in [0, 0.1) is 18.6 Å². The largest absolute Gasteiger partial charge is 0.488 e. The van der Waals surface area contributed by atoms with Gasteiger partial charge >= 0.3 is 0 Å². The lowest BCUT2D eigenvalue weighted by Gasteiger charge is -2.12. The zero-order chi connectivity index (χ0) is 19.7. The van der Waals surface area contributed by atoms with E-state index >= 15 is 0 Å². The average Bonchev–Trinajstić information content (AvgIpc) is 3.00. The molecule has 5 heteroatoms. The Bertz CT molecular complexity index is 1070. The highest BCUT2D eigenvalue weighted by Crippen LogP contribution is 2.39. The van der Waals surface area contributed by atoms with Crippen LogP contribution in [0.4, 0.5) is 8.78 Å². The number of rotatable bonds is 4. The third-order valence-electron chi connectivity index (χ3n) is 4.57. The van der Waals surface area contributed by atoms with Crippen molar-refractivity contribution < 1.29 is 23.0 Å². The van der Waals surface area contributed by atoms with Crippen LogP contribution in [0.1, 0.15) is 27.0 Å². The van der Waals surface area contributed by atoms with Gasteiger partial charge in [0.05, 0.1) is 11.1 Å². The lowest BCUT2D eigenvalue weighted by molar-refractivity contribution is 0.101. The minimum atomic E-state index is -0.668. The molecular formula is C23H16F2O3. The fourth-order valence-electron chi connectivity index (χ4n) is 3.05. The maximum absolute atomic E-state index is 13.8. The first-order chi connectivity index (χ1) is 13.5. The SMILES string of the molecule is Cc1c(OCc2c(F)cccc2F)ccc2c1O/C(=C\c1ccccc1)C2=O. The quantitative estimate of drug-likeness (QED) is 0.565. The van der Waals surface area contributed by atoms with Gasteiger partial charge in [-0.2, -0.15) is 0 Å². The molecule has 0 amide bonds. The Kier molecular flexibility index (Phi) is 4.65. The molecule has 0 aliphatic carbocycles. The number of benzene rings is 3. The molecule has 0 saturated carbocycles. The summed E-state index contributed by atoms with van der Waals surface area (Å²) >= 11 is 0. The number of halogens is 2. The van der Waals surface area contributed by atoms with Gasteiger partial charge in [0, 0.05) is 5.56 Å². The zero-order valence-electron chi connectivity index (χ0n) is 15.0. The van der Waals surface area contributed by atoms with Gasteiger partial charge in [-0.25, -0.2) is 8.78 Å². The van der Waals surface area contributed by atoms with E-state index in [9.17, 15) is 13.6 Å². The summed E-state index contributed by atoms with van der Waals surface area (Å²) in [6.07, 6.45) is 1.68. The van der Waals surface area contributed by atoms with E-state index in [1.807, 2.05) is 30.3 Å². The van der Waals surface area contributed by atoms with Crippen LogP contribution in [0.3, 0.4) is 0 Å². The normalized spacial score (nSPS) is 14.1. The first kappa shape index (κ1) is 17.9. The van der Waals surface area contributed by atoms with E-state index in [2.05, 4.69) is 0 Å². The Morgan fingerprint density at radius 3 is 2.39 bits per heavy atom. The first-order valence-corrected chi connectivity index (χ1v) is 8.73. The molecule has 4 rings (SSSR count). The van der Waals surface area contributed by atoms with E-state index in [1.54, 1.807) is 25.1 Å². The van der Waals surface area contributed by atoms with Crippen LogP contribution < -0.4 is 9.47 Å². The molecule has 1 heterocycles. The fraction of sp³-hybridized carbons (Fsp3) is 0.0870. The summed E-state index contributed by atoms with van der Waals surface area (Å²) in [5, 5.41) is 0. The molecule has 0 saturated heterocycles. The Hall–Kier alpha value is -3.47. The van der Waals surface area contributed by atoms with Crippen LogP contribution in [-0.4, -0.2) is 5.78 Å². The van der Waals surface area contributed by atoms with Gasteiger partial charge in [-0.3, -0.25) is 4.79 Å². The molecule has 0 N–H and O–H groups in total. The van der Waals surface area contributed by atoms with Crippen molar-refractivity contribution >= 4 is 11.9 Å². The highest BCUT2D eigenvalue weighted by Gasteiger charge is 2.30. The number of hydrogen-bond acceptors (Lipinski definition) is 3. The summed E-state index contributed by atoms with van der Waals surface area (Å²) in [5.41, 5.74) is 1.73. The first-order valence-electron chi connectivity index (χ1n) is 8.73. The van der Waals surface area contributed by atoms with E-state index in [0.717, 1.165) is 5.56 Å². The number of hydrogen-bond donors (Lipinski definition) is 0. The summed E-state index contributed by atoms with van der Waals surface area (Å²) in [5.74, 6) is -0.527. The van der Waals surface area contributed by atoms with E-state index in [4.69, 9.17) is 9.47 Å². The maximum Gasteiger partial charge on any atom is 0.231 e. The molecule has 1 aliphatic heterocycles. The molecule has 1 aliphatic rings. The maximum atomic E-state index is 13.8. The second kappa shape index (κ2) is 7.27. The minimum absolute atomic E-state index is 0.149. The summed E-state index contributed by atoms with van der Waals surface area (Å²) in [4.78, 5) is 12.6. The molecule has 3 aromatic carbocycles. The van der Waals surface area contributed by atoms with E-state index < -0.39 is 11.6 Å². The van der Waals surface area contributed by atoms with Crippen molar-refractivity contribution in [2.45, 2.75) is 13.5 Å². The second-order valence-corrected chi connectivity index (χ2v) is 6.40. The monoisotopic (exact) mass is 378 g/mol.